The molecule has 0 saturated heterocycles. The van der Waals surface area contributed by atoms with Crippen LogP contribution in [0, 0.1) is 30.6 Å². The van der Waals surface area contributed by atoms with E-state index in [1.807, 2.05) is 0 Å². The standard InChI is InChI=1S/C8H8O2/c1-4-7(5-2)8(9)10-6-3/h1-2,7H,6H2,3H3. The second kappa shape index (κ2) is 4.47. The first-order chi connectivity index (χ1) is 4.76. The molecule has 52 valence electrons. The van der Waals surface area contributed by atoms with Crippen molar-refractivity contribution < 1.29 is 9.53 Å². The van der Waals surface area contributed by atoms with Crippen LogP contribution in [0.3, 0.4) is 0 Å². The van der Waals surface area contributed by atoms with Crippen LogP contribution in [0.4, 0.5) is 0 Å². The first kappa shape index (κ1) is 8.59. The molecule has 0 radical (unpaired) electrons. The van der Waals surface area contributed by atoms with E-state index >= 15 is 0 Å². The van der Waals surface area contributed by atoms with E-state index in [0.717, 1.165) is 0 Å². The number of hydrogen-bond acceptors (Lipinski definition) is 2. The zero-order valence-electron chi connectivity index (χ0n) is 5.76. The predicted octanol–water partition coefficient (Wildman–Crippen LogP) is 0.432. The minimum absolute atomic E-state index is 0.304. The zero-order valence-corrected chi connectivity index (χ0v) is 5.76. The Kier molecular flexibility index (Phi) is 3.84. The maximum atomic E-state index is 10.7. The molecule has 0 amide bonds. The van der Waals surface area contributed by atoms with Crippen LogP contribution >= 0.6 is 0 Å². The summed E-state index contributed by atoms with van der Waals surface area (Å²) in [6.07, 6.45) is 9.84. The topological polar surface area (TPSA) is 26.3 Å². The van der Waals surface area contributed by atoms with Gasteiger partial charge in [0.2, 0.25) is 0 Å². The lowest BCUT2D eigenvalue weighted by atomic mass is 10.2. The Labute approximate surface area is 60.6 Å². The van der Waals surface area contributed by atoms with Gasteiger partial charge in [-0.15, -0.1) is 12.8 Å². The lowest BCUT2D eigenvalue weighted by Crippen LogP contribution is -2.13. The van der Waals surface area contributed by atoms with Crippen molar-refractivity contribution in [2.75, 3.05) is 6.61 Å². The van der Waals surface area contributed by atoms with Gasteiger partial charge < -0.3 is 4.74 Å². The summed E-state index contributed by atoms with van der Waals surface area (Å²) >= 11 is 0. The average Bonchev–Trinajstić information content (AvgIpc) is 1.91. The summed E-state index contributed by atoms with van der Waals surface area (Å²) < 4.78 is 4.56. The Balaban J connectivity index is 3.96. The quantitative estimate of drug-likeness (QED) is 0.406. The Bertz CT molecular complexity index is 178. The molecule has 0 aliphatic heterocycles. The van der Waals surface area contributed by atoms with Gasteiger partial charge in [-0.1, -0.05) is 11.8 Å². The lowest BCUT2D eigenvalue weighted by molar-refractivity contribution is -0.144. The second-order valence-corrected chi connectivity index (χ2v) is 1.52. The normalized spacial score (nSPS) is 8.00. The van der Waals surface area contributed by atoms with Crippen molar-refractivity contribution in [2.24, 2.45) is 5.92 Å². The van der Waals surface area contributed by atoms with Gasteiger partial charge in [-0.25, -0.2) is 4.79 Å². The van der Waals surface area contributed by atoms with Crippen LogP contribution in [0.5, 0.6) is 0 Å². The van der Waals surface area contributed by atoms with Crippen LogP contribution in [0.1, 0.15) is 6.92 Å². The molecular weight excluding hydrogens is 128 g/mol. The second-order valence-electron chi connectivity index (χ2n) is 1.52. The largest absolute Gasteiger partial charge is 0.464 e. The van der Waals surface area contributed by atoms with Gasteiger partial charge >= 0.3 is 5.97 Å². The van der Waals surface area contributed by atoms with Crippen molar-refractivity contribution in [3.05, 3.63) is 0 Å². The summed E-state index contributed by atoms with van der Waals surface area (Å²) in [5.41, 5.74) is 0. The van der Waals surface area contributed by atoms with Crippen LogP contribution in [0.15, 0.2) is 0 Å². The fraction of sp³-hybridized carbons (Fsp3) is 0.375. The smallest absolute Gasteiger partial charge is 0.333 e. The lowest BCUT2D eigenvalue weighted by Gasteiger charge is -2.01. The summed E-state index contributed by atoms with van der Waals surface area (Å²) in [7, 11) is 0. The fourth-order valence-corrected chi connectivity index (χ4v) is 0.410. The molecule has 0 aliphatic carbocycles. The highest BCUT2D eigenvalue weighted by Gasteiger charge is 2.11. The maximum Gasteiger partial charge on any atom is 0.333 e. The van der Waals surface area contributed by atoms with Crippen LogP contribution < -0.4 is 0 Å². The number of carbonyl (C=O) groups is 1. The molecular formula is C8H8O2. The summed E-state index contributed by atoms with van der Waals surface area (Å²) in [6, 6.07) is 0. The number of ether oxygens (including phenoxy) is 1. The van der Waals surface area contributed by atoms with Gasteiger partial charge in [-0.2, -0.15) is 0 Å². The number of carbonyl (C=O) groups excluding carboxylic acids is 1. The third kappa shape index (κ3) is 2.24. The SMILES string of the molecule is C#CC(C#C)C(=O)OCC. The van der Waals surface area contributed by atoms with Gasteiger partial charge in [0.1, 0.15) is 0 Å². The minimum atomic E-state index is -0.833. The predicted molar refractivity (Wildman–Crippen MR) is 37.8 cm³/mol. The fourth-order valence-electron chi connectivity index (χ4n) is 0.410. The number of rotatable bonds is 2. The minimum Gasteiger partial charge on any atom is -0.464 e. The molecule has 0 spiro atoms. The Morgan fingerprint density at radius 3 is 2.40 bits per heavy atom. The van der Waals surface area contributed by atoms with E-state index < -0.39 is 11.9 Å². The molecule has 0 rings (SSSR count). The van der Waals surface area contributed by atoms with Crippen LogP contribution in [-0.2, 0) is 9.53 Å². The van der Waals surface area contributed by atoms with Crippen LogP contribution in [0.25, 0.3) is 0 Å². The van der Waals surface area contributed by atoms with Crippen LogP contribution in [-0.4, -0.2) is 12.6 Å². The first-order valence-corrected chi connectivity index (χ1v) is 2.85. The monoisotopic (exact) mass is 136 g/mol. The molecule has 0 atom stereocenters. The van der Waals surface area contributed by atoms with Crippen molar-refractivity contribution in [2.45, 2.75) is 6.92 Å². The summed E-state index contributed by atoms with van der Waals surface area (Å²) in [5, 5.41) is 0. The third-order valence-electron chi connectivity index (χ3n) is 0.856. The molecule has 0 bridgehead atoms. The van der Waals surface area contributed by atoms with E-state index in [-0.39, 0.29) is 0 Å². The van der Waals surface area contributed by atoms with E-state index in [1.54, 1.807) is 6.92 Å². The maximum absolute atomic E-state index is 10.7. The van der Waals surface area contributed by atoms with Gasteiger partial charge in [0.25, 0.3) is 0 Å². The molecule has 0 aromatic rings. The van der Waals surface area contributed by atoms with Gasteiger partial charge in [0.15, 0.2) is 5.92 Å². The van der Waals surface area contributed by atoms with E-state index in [2.05, 4.69) is 16.6 Å². The van der Waals surface area contributed by atoms with E-state index in [0.29, 0.717) is 6.61 Å². The van der Waals surface area contributed by atoms with Crippen molar-refractivity contribution >= 4 is 5.97 Å². The highest BCUT2D eigenvalue weighted by molar-refractivity contribution is 5.78. The van der Waals surface area contributed by atoms with Gasteiger partial charge in [0, 0.05) is 0 Å². The number of esters is 1. The van der Waals surface area contributed by atoms with Crippen molar-refractivity contribution in [3.8, 4) is 24.7 Å². The average molecular weight is 136 g/mol. The molecule has 10 heavy (non-hydrogen) atoms. The molecule has 2 heteroatoms. The van der Waals surface area contributed by atoms with Gasteiger partial charge in [0.05, 0.1) is 6.61 Å². The Hall–Kier alpha value is -1.41. The van der Waals surface area contributed by atoms with Crippen molar-refractivity contribution in [1.82, 2.24) is 0 Å². The molecule has 0 heterocycles. The summed E-state index contributed by atoms with van der Waals surface area (Å²) in [5.74, 6) is 2.90. The molecule has 0 aromatic carbocycles. The van der Waals surface area contributed by atoms with Crippen molar-refractivity contribution in [1.29, 1.82) is 0 Å². The molecule has 2 nitrogen and oxygen atoms in total. The Morgan fingerprint density at radius 1 is 1.60 bits per heavy atom. The van der Waals surface area contributed by atoms with E-state index in [9.17, 15) is 4.79 Å². The number of hydrogen-bond donors (Lipinski definition) is 0. The molecule has 0 saturated carbocycles. The van der Waals surface area contributed by atoms with E-state index in [1.165, 1.54) is 0 Å². The van der Waals surface area contributed by atoms with Gasteiger partial charge in [-0.05, 0) is 6.92 Å². The van der Waals surface area contributed by atoms with Crippen LogP contribution in [0.2, 0.25) is 0 Å². The van der Waals surface area contributed by atoms with Crippen molar-refractivity contribution in [3.63, 3.8) is 0 Å². The highest BCUT2D eigenvalue weighted by Crippen LogP contribution is 1.94. The highest BCUT2D eigenvalue weighted by atomic mass is 16.5. The molecule has 0 fully saturated rings. The molecule has 0 aliphatic rings. The van der Waals surface area contributed by atoms with Gasteiger partial charge in [-0.3, -0.25) is 0 Å². The zero-order chi connectivity index (χ0) is 7.98. The summed E-state index contributed by atoms with van der Waals surface area (Å²) in [4.78, 5) is 10.7. The van der Waals surface area contributed by atoms with E-state index in [4.69, 9.17) is 12.8 Å². The third-order valence-corrected chi connectivity index (χ3v) is 0.856. The first-order valence-electron chi connectivity index (χ1n) is 2.85. The molecule has 0 N–H and O–H groups in total. The Morgan fingerprint density at radius 2 is 2.10 bits per heavy atom. The molecule has 0 unspecified atom stereocenters. The molecule has 0 aromatic heterocycles. The summed E-state index contributed by atoms with van der Waals surface area (Å²) in [6.45, 7) is 2.00. The number of terminal acetylenes is 2.